The maximum Gasteiger partial charge on any atom is 0.224 e. The fourth-order valence-electron chi connectivity index (χ4n) is 6.31. The quantitative estimate of drug-likeness (QED) is 0.301. The second-order valence-corrected chi connectivity index (χ2v) is 10.4. The van der Waals surface area contributed by atoms with Crippen molar-refractivity contribution >= 4 is 5.91 Å². The Morgan fingerprint density at radius 2 is 1.84 bits per heavy atom. The summed E-state index contributed by atoms with van der Waals surface area (Å²) in [6, 6.07) is 20.6. The number of halogens is 1. The van der Waals surface area contributed by atoms with Gasteiger partial charge in [-0.25, -0.2) is 9.07 Å². The normalized spacial score (nSPS) is 19.1. The number of carbonyl (C=O) groups is 1. The van der Waals surface area contributed by atoms with E-state index in [0.29, 0.717) is 12.3 Å². The first-order valence-corrected chi connectivity index (χ1v) is 13.3. The van der Waals surface area contributed by atoms with Crippen LogP contribution in [0.4, 0.5) is 4.39 Å². The maximum atomic E-state index is 13.5. The summed E-state index contributed by atoms with van der Waals surface area (Å²) in [5, 5.41) is 8.03. The van der Waals surface area contributed by atoms with Gasteiger partial charge in [0.2, 0.25) is 5.91 Å². The minimum absolute atomic E-state index is 0.0248. The highest BCUT2D eigenvalue weighted by Crippen LogP contribution is 2.49. The molecule has 0 spiro atoms. The Morgan fingerprint density at radius 3 is 2.61 bits per heavy atom. The number of amides is 1. The molecule has 0 aliphatic heterocycles. The van der Waals surface area contributed by atoms with E-state index in [2.05, 4.69) is 29.4 Å². The predicted octanol–water partition coefficient (Wildman–Crippen LogP) is 6.26. The van der Waals surface area contributed by atoms with Crippen molar-refractivity contribution < 1.29 is 9.18 Å². The molecular weight excluding hydrogens is 475 g/mol. The number of nitrogens with zero attached hydrogens (tertiary/aromatic N) is 3. The van der Waals surface area contributed by atoms with Gasteiger partial charge >= 0.3 is 0 Å². The molecule has 6 rings (SSSR count). The molecule has 2 aromatic carbocycles. The van der Waals surface area contributed by atoms with Gasteiger partial charge in [0.25, 0.3) is 0 Å². The topological polar surface area (TPSA) is 59.8 Å². The fraction of sp³-hybridized carbons (Fsp3) is 0.281. The number of carbonyl (C=O) groups excluding carboxylic acids is 1. The number of rotatable bonds is 7. The van der Waals surface area contributed by atoms with Gasteiger partial charge in [-0.05, 0) is 72.7 Å². The van der Waals surface area contributed by atoms with Crippen LogP contribution in [0.15, 0.2) is 96.5 Å². The highest BCUT2D eigenvalue weighted by atomic mass is 19.1. The van der Waals surface area contributed by atoms with Crippen molar-refractivity contribution in [3.8, 4) is 5.69 Å². The summed E-state index contributed by atoms with van der Waals surface area (Å²) < 4.78 is 15.5. The molecule has 1 N–H and O–H groups in total. The van der Waals surface area contributed by atoms with Gasteiger partial charge in [0, 0.05) is 30.3 Å². The molecule has 2 aliphatic rings. The Labute approximate surface area is 222 Å². The molecule has 0 fully saturated rings. The second kappa shape index (κ2) is 10.4. The second-order valence-electron chi connectivity index (χ2n) is 10.4. The zero-order valence-electron chi connectivity index (χ0n) is 21.5. The van der Waals surface area contributed by atoms with Crippen LogP contribution in [0.2, 0.25) is 0 Å². The summed E-state index contributed by atoms with van der Waals surface area (Å²) in [4.78, 5) is 17.1. The Bertz CT molecular complexity index is 1460. The minimum Gasteiger partial charge on any atom is -0.349 e. The minimum atomic E-state index is -0.243. The highest BCUT2D eigenvalue weighted by Gasteiger charge is 2.37. The molecule has 6 heteroatoms. The first-order chi connectivity index (χ1) is 18.6. The number of aromatic nitrogens is 3. The maximum absolute atomic E-state index is 13.5. The van der Waals surface area contributed by atoms with Crippen LogP contribution in [0, 0.1) is 11.7 Å². The van der Waals surface area contributed by atoms with Crippen LogP contribution in [0.5, 0.6) is 0 Å². The molecule has 0 saturated carbocycles. The molecule has 38 heavy (non-hydrogen) atoms. The molecule has 2 heterocycles. The molecule has 4 aromatic rings. The number of fused-ring (bicyclic) bond motifs is 1. The smallest absolute Gasteiger partial charge is 0.224 e. The van der Waals surface area contributed by atoms with Crippen LogP contribution in [0.3, 0.4) is 0 Å². The van der Waals surface area contributed by atoms with Crippen molar-refractivity contribution in [2.45, 2.75) is 51.0 Å². The van der Waals surface area contributed by atoms with Crippen molar-refractivity contribution in [2.75, 3.05) is 0 Å². The number of allylic oxidation sites excluding steroid dienone is 2. The predicted molar refractivity (Wildman–Crippen MR) is 145 cm³/mol. The van der Waals surface area contributed by atoms with E-state index in [9.17, 15) is 9.18 Å². The third-order valence-electron chi connectivity index (χ3n) is 8.10. The lowest BCUT2D eigenvalue weighted by Gasteiger charge is -2.30. The van der Waals surface area contributed by atoms with Gasteiger partial charge < -0.3 is 5.32 Å². The molecular formula is C32H31FN4O. The van der Waals surface area contributed by atoms with Gasteiger partial charge in [0.1, 0.15) is 5.82 Å². The van der Waals surface area contributed by atoms with Crippen molar-refractivity contribution in [1.82, 2.24) is 20.1 Å². The lowest BCUT2D eigenvalue weighted by molar-refractivity contribution is -0.121. The standard InChI is InChI=1S/C32H31FN4O/c1-21-28-20-35-37(27-11-9-26(33)10-12-27)30(28)19-25-8-7-24(32(21)25)18-29(23-5-3-2-4-6-23)36-31(38)17-22-13-15-34-16-14-22/h2-6,9-16,20-21,24,29H,7-8,17-19H2,1H3,(H,36,38)/t21-,24+,29?/m0/s1. The van der Waals surface area contributed by atoms with Gasteiger partial charge in [0.05, 0.1) is 30.0 Å². The molecule has 0 saturated heterocycles. The van der Waals surface area contributed by atoms with Crippen LogP contribution in [0.1, 0.15) is 60.5 Å². The Kier molecular flexibility index (Phi) is 6.62. The summed E-state index contributed by atoms with van der Waals surface area (Å²) in [5.74, 6) is 0.442. The lowest BCUT2D eigenvalue weighted by atomic mass is 9.77. The van der Waals surface area contributed by atoms with E-state index < -0.39 is 0 Å². The molecule has 5 nitrogen and oxygen atoms in total. The average molecular weight is 507 g/mol. The summed E-state index contributed by atoms with van der Waals surface area (Å²) in [5.41, 5.74) is 8.44. The molecule has 0 bridgehead atoms. The van der Waals surface area contributed by atoms with Crippen LogP contribution in [-0.4, -0.2) is 20.7 Å². The zero-order chi connectivity index (χ0) is 26.1. The van der Waals surface area contributed by atoms with Gasteiger partial charge in [0.15, 0.2) is 0 Å². The zero-order valence-corrected chi connectivity index (χ0v) is 21.5. The van der Waals surface area contributed by atoms with E-state index in [4.69, 9.17) is 5.10 Å². The Hall–Kier alpha value is -4.06. The largest absolute Gasteiger partial charge is 0.349 e. The van der Waals surface area contributed by atoms with Crippen molar-refractivity contribution in [2.24, 2.45) is 5.92 Å². The number of benzene rings is 2. The molecule has 3 atom stereocenters. The van der Waals surface area contributed by atoms with Gasteiger partial charge in [-0.2, -0.15) is 5.10 Å². The molecule has 1 unspecified atom stereocenters. The number of nitrogens with one attached hydrogen (secondary N) is 1. The first kappa shape index (κ1) is 24.3. The fourth-order valence-corrected chi connectivity index (χ4v) is 6.31. The SMILES string of the molecule is C[C@@H]1C2=C(CC[C@@H]2CC(NC(=O)Cc2ccncc2)c2ccccc2)Cc2c1cnn2-c1ccc(F)cc1. The summed E-state index contributed by atoms with van der Waals surface area (Å²) in [7, 11) is 0. The monoisotopic (exact) mass is 506 g/mol. The van der Waals surface area contributed by atoms with Gasteiger partial charge in [-0.15, -0.1) is 0 Å². The molecule has 192 valence electrons. The molecule has 1 amide bonds. The van der Waals surface area contributed by atoms with Crippen molar-refractivity contribution in [3.63, 3.8) is 0 Å². The number of hydrogen-bond donors (Lipinski definition) is 1. The van der Waals surface area contributed by atoms with Crippen LogP contribution in [-0.2, 0) is 17.6 Å². The van der Waals surface area contributed by atoms with E-state index >= 15 is 0 Å². The van der Waals surface area contributed by atoms with E-state index in [1.807, 2.05) is 41.2 Å². The first-order valence-electron chi connectivity index (χ1n) is 13.3. The summed E-state index contributed by atoms with van der Waals surface area (Å²) in [6.45, 7) is 2.28. The van der Waals surface area contributed by atoms with Crippen molar-refractivity contribution in [3.05, 3.63) is 125 Å². The van der Waals surface area contributed by atoms with Crippen LogP contribution >= 0.6 is 0 Å². The molecule has 2 aromatic heterocycles. The van der Waals surface area contributed by atoms with E-state index in [0.717, 1.165) is 42.5 Å². The van der Waals surface area contributed by atoms with E-state index in [1.54, 1.807) is 24.5 Å². The van der Waals surface area contributed by atoms with E-state index in [-0.39, 0.29) is 23.7 Å². The third-order valence-corrected chi connectivity index (χ3v) is 8.10. The van der Waals surface area contributed by atoms with Crippen LogP contribution in [0.25, 0.3) is 5.69 Å². The number of hydrogen-bond acceptors (Lipinski definition) is 3. The molecule has 2 aliphatic carbocycles. The summed E-state index contributed by atoms with van der Waals surface area (Å²) in [6.07, 6.45) is 9.66. The van der Waals surface area contributed by atoms with Gasteiger partial charge in [-0.3, -0.25) is 9.78 Å². The third kappa shape index (κ3) is 4.78. The Morgan fingerprint density at radius 1 is 1.08 bits per heavy atom. The van der Waals surface area contributed by atoms with Gasteiger partial charge in [-0.1, -0.05) is 48.4 Å². The van der Waals surface area contributed by atoms with Crippen LogP contribution < -0.4 is 5.32 Å². The highest BCUT2D eigenvalue weighted by molar-refractivity contribution is 5.79. The van der Waals surface area contributed by atoms with Crippen molar-refractivity contribution in [1.29, 1.82) is 0 Å². The van der Waals surface area contributed by atoms with E-state index in [1.165, 1.54) is 34.5 Å². The lowest BCUT2D eigenvalue weighted by Crippen LogP contribution is -2.31. The molecule has 0 radical (unpaired) electrons. The average Bonchev–Trinajstić information content (AvgIpc) is 3.55. The summed E-state index contributed by atoms with van der Waals surface area (Å²) >= 11 is 0. The Balaban J connectivity index is 1.23. The number of pyridine rings is 1.